The monoisotopic (exact) mass is 329 g/mol. The fourth-order valence-electron chi connectivity index (χ4n) is 3.60. The SMILES string of the molecule is CC[S@](=O)[C@@H]1CCCC[C@H]1NC(=O)N1CCC[C@@H](N(C)C)C1. The number of nitrogens with zero attached hydrogens (tertiary/aromatic N) is 2. The number of rotatable bonds is 4. The van der Waals surface area contributed by atoms with Crippen LogP contribution in [-0.2, 0) is 10.8 Å². The second-order valence-electron chi connectivity index (χ2n) is 6.75. The van der Waals surface area contributed by atoms with Crippen molar-refractivity contribution in [1.29, 1.82) is 0 Å². The van der Waals surface area contributed by atoms with E-state index in [1.165, 1.54) is 0 Å². The van der Waals surface area contributed by atoms with Gasteiger partial charge in [0.05, 0.1) is 5.25 Å². The fraction of sp³-hybridized carbons (Fsp3) is 0.938. The Morgan fingerprint density at radius 3 is 2.64 bits per heavy atom. The van der Waals surface area contributed by atoms with E-state index in [4.69, 9.17) is 0 Å². The first kappa shape index (κ1) is 17.7. The van der Waals surface area contributed by atoms with E-state index in [9.17, 15) is 9.00 Å². The van der Waals surface area contributed by atoms with Gasteiger partial charge in [0.25, 0.3) is 0 Å². The highest BCUT2D eigenvalue weighted by atomic mass is 32.2. The third-order valence-electron chi connectivity index (χ3n) is 5.05. The molecule has 128 valence electrons. The lowest BCUT2D eigenvalue weighted by Crippen LogP contribution is -2.55. The molecule has 0 bridgehead atoms. The largest absolute Gasteiger partial charge is 0.334 e. The second kappa shape index (κ2) is 8.29. The number of likely N-dealkylation sites (N-methyl/N-ethyl adjacent to an activating group) is 1. The smallest absolute Gasteiger partial charge is 0.317 e. The number of likely N-dealkylation sites (tertiary alicyclic amines) is 1. The zero-order valence-corrected chi connectivity index (χ0v) is 15.0. The molecule has 1 aliphatic carbocycles. The summed E-state index contributed by atoms with van der Waals surface area (Å²) in [7, 11) is 3.33. The Hall–Kier alpha value is -0.620. The van der Waals surface area contributed by atoms with Gasteiger partial charge in [-0.15, -0.1) is 0 Å². The number of nitrogens with one attached hydrogen (secondary N) is 1. The van der Waals surface area contributed by atoms with Crippen molar-refractivity contribution in [1.82, 2.24) is 15.1 Å². The molecule has 5 nitrogen and oxygen atoms in total. The van der Waals surface area contributed by atoms with Crippen LogP contribution in [0.5, 0.6) is 0 Å². The van der Waals surface area contributed by atoms with Crippen molar-refractivity contribution in [2.45, 2.75) is 62.8 Å². The van der Waals surface area contributed by atoms with Gasteiger partial charge in [-0.1, -0.05) is 19.8 Å². The first-order valence-electron chi connectivity index (χ1n) is 8.62. The van der Waals surface area contributed by atoms with Crippen LogP contribution in [0.25, 0.3) is 0 Å². The highest BCUT2D eigenvalue weighted by Crippen LogP contribution is 2.24. The molecule has 1 aliphatic heterocycles. The molecule has 4 atom stereocenters. The number of amides is 2. The molecular weight excluding hydrogens is 298 g/mol. The van der Waals surface area contributed by atoms with E-state index in [1.54, 1.807) is 0 Å². The predicted molar refractivity (Wildman–Crippen MR) is 91.5 cm³/mol. The summed E-state index contributed by atoms with van der Waals surface area (Å²) in [5.41, 5.74) is 0. The van der Waals surface area contributed by atoms with Crippen LogP contribution in [0.1, 0.15) is 45.4 Å². The molecule has 1 N–H and O–H groups in total. The van der Waals surface area contributed by atoms with Crippen molar-refractivity contribution in [2.24, 2.45) is 0 Å². The van der Waals surface area contributed by atoms with Crippen LogP contribution in [0.15, 0.2) is 0 Å². The summed E-state index contributed by atoms with van der Waals surface area (Å²) in [5.74, 6) is 0.684. The van der Waals surface area contributed by atoms with Gasteiger partial charge in [0.15, 0.2) is 0 Å². The summed E-state index contributed by atoms with van der Waals surface area (Å²) in [6, 6.07) is 0.574. The van der Waals surface area contributed by atoms with E-state index < -0.39 is 10.8 Å². The molecule has 0 spiro atoms. The average Bonchev–Trinajstić information content (AvgIpc) is 2.54. The Morgan fingerprint density at radius 2 is 1.95 bits per heavy atom. The standard InChI is InChI=1S/C16H31N3O2S/c1-4-22(21)15-10-6-5-9-14(15)17-16(20)19-11-7-8-13(12-19)18(2)3/h13-15H,4-12H2,1-3H3,(H,17,20)/t13-,14-,15-,22+/m1/s1. The van der Waals surface area contributed by atoms with Crippen LogP contribution in [0, 0.1) is 0 Å². The molecule has 0 unspecified atom stereocenters. The molecule has 22 heavy (non-hydrogen) atoms. The third-order valence-corrected chi connectivity index (χ3v) is 6.86. The van der Waals surface area contributed by atoms with Crippen LogP contribution >= 0.6 is 0 Å². The average molecular weight is 330 g/mol. The summed E-state index contributed by atoms with van der Waals surface area (Å²) in [4.78, 5) is 16.7. The molecule has 0 aromatic carbocycles. The van der Waals surface area contributed by atoms with Gasteiger partial charge in [0.1, 0.15) is 0 Å². The molecule has 1 heterocycles. The van der Waals surface area contributed by atoms with Gasteiger partial charge in [0.2, 0.25) is 0 Å². The van der Waals surface area contributed by atoms with Gasteiger partial charge in [-0.2, -0.15) is 0 Å². The summed E-state index contributed by atoms with van der Waals surface area (Å²) in [6.45, 7) is 3.60. The van der Waals surface area contributed by atoms with E-state index in [0.29, 0.717) is 11.8 Å². The molecule has 0 radical (unpaired) electrons. The zero-order chi connectivity index (χ0) is 16.1. The minimum absolute atomic E-state index is 0.0385. The van der Waals surface area contributed by atoms with Crippen molar-refractivity contribution in [3.63, 3.8) is 0 Å². The van der Waals surface area contributed by atoms with Gasteiger partial charge >= 0.3 is 6.03 Å². The molecule has 1 saturated heterocycles. The number of piperidine rings is 1. The van der Waals surface area contributed by atoms with Crippen LogP contribution in [0.3, 0.4) is 0 Å². The maximum atomic E-state index is 12.6. The number of carbonyl (C=O) groups is 1. The minimum Gasteiger partial charge on any atom is -0.334 e. The number of hydrogen-bond donors (Lipinski definition) is 1. The van der Waals surface area contributed by atoms with Crippen LogP contribution < -0.4 is 5.32 Å². The molecule has 2 fully saturated rings. The third kappa shape index (κ3) is 4.44. The second-order valence-corrected chi connectivity index (χ2v) is 8.70. The van der Waals surface area contributed by atoms with E-state index in [2.05, 4.69) is 24.3 Å². The maximum Gasteiger partial charge on any atom is 0.317 e. The minimum atomic E-state index is -0.821. The molecule has 1 saturated carbocycles. The van der Waals surface area contributed by atoms with Gasteiger partial charge < -0.3 is 15.1 Å². The summed E-state index contributed by atoms with van der Waals surface area (Å²) in [6.07, 6.45) is 6.42. The molecule has 2 amide bonds. The summed E-state index contributed by atoms with van der Waals surface area (Å²) >= 11 is 0. The number of carbonyl (C=O) groups excluding carboxylic acids is 1. The van der Waals surface area contributed by atoms with Gasteiger partial charge in [-0.3, -0.25) is 4.21 Å². The topological polar surface area (TPSA) is 52.7 Å². The Morgan fingerprint density at radius 1 is 1.23 bits per heavy atom. The Bertz CT molecular complexity index is 403. The summed E-state index contributed by atoms with van der Waals surface area (Å²) < 4.78 is 12.2. The van der Waals surface area contributed by atoms with Crippen LogP contribution in [0.2, 0.25) is 0 Å². The Labute approximate surface area is 137 Å². The van der Waals surface area contributed by atoms with Crippen LogP contribution in [-0.4, -0.2) is 70.3 Å². The summed E-state index contributed by atoms with van der Waals surface area (Å²) in [5, 5.41) is 3.33. The van der Waals surface area contributed by atoms with E-state index in [0.717, 1.165) is 51.6 Å². The lowest BCUT2D eigenvalue weighted by Gasteiger charge is -2.38. The van der Waals surface area contributed by atoms with Gasteiger partial charge in [-0.25, -0.2) is 4.79 Å². The lowest BCUT2D eigenvalue weighted by molar-refractivity contribution is 0.136. The highest BCUT2D eigenvalue weighted by Gasteiger charge is 2.32. The van der Waals surface area contributed by atoms with Crippen molar-refractivity contribution in [3.8, 4) is 0 Å². The van der Waals surface area contributed by atoms with E-state index in [-0.39, 0.29) is 17.3 Å². The highest BCUT2D eigenvalue weighted by molar-refractivity contribution is 7.85. The maximum absolute atomic E-state index is 12.6. The first-order chi connectivity index (χ1) is 10.5. The quantitative estimate of drug-likeness (QED) is 0.856. The predicted octanol–water partition coefficient (Wildman–Crippen LogP) is 1.80. The molecule has 0 aromatic heterocycles. The Balaban J connectivity index is 1.93. The molecule has 0 aromatic rings. The normalized spacial score (nSPS) is 31.1. The van der Waals surface area contributed by atoms with Crippen molar-refractivity contribution < 1.29 is 9.00 Å². The first-order valence-corrected chi connectivity index (χ1v) is 10.00. The fourth-order valence-corrected chi connectivity index (χ4v) is 5.03. The zero-order valence-electron chi connectivity index (χ0n) is 14.2. The van der Waals surface area contributed by atoms with Crippen LogP contribution in [0.4, 0.5) is 4.79 Å². The van der Waals surface area contributed by atoms with E-state index >= 15 is 0 Å². The van der Waals surface area contributed by atoms with Crippen molar-refractivity contribution in [3.05, 3.63) is 0 Å². The number of hydrogen-bond acceptors (Lipinski definition) is 3. The molecular formula is C16H31N3O2S. The van der Waals surface area contributed by atoms with Gasteiger partial charge in [0, 0.05) is 41.7 Å². The number of urea groups is 1. The van der Waals surface area contributed by atoms with E-state index in [1.807, 2.05) is 11.8 Å². The molecule has 2 aliphatic rings. The molecule has 6 heteroatoms. The van der Waals surface area contributed by atoms with Gasteiger partial charge in [-0.05, 0) is 39.8 Å². The molecule has 2 rings (SSSR count). The van der Waals surface area contributed by atoms with Crippen molar-refractivity contribution in [2.75, 3.05) is 32.9 Å². The lowest BCUT2D eigenvalue weighted by atomic mass is 9.95. The Kier molecular flexibility index (Phi) is 6.68. The van der Waals surface area contributed by atoms with Crippen molar-refractivity contribution >= 4 is 16.8 Å².